The van der Waals surface area contributed by atoms with Crippen LogP contribution in [0.25, 0.3) is 0 Å². The van der Waals surface area contributed by atoms with Gasteiger partial charge in [-0.25, -0.2) is 0 Å². The maximum atomic E-state index is 12.2. The van der Waals surface area contributed by atoms with E-state index in [0.29, 0.717) is 5.75 Å². The van der Waals surface area contributed by atoms with Crippen molar-refractivity contribution in [3.05, 3.63) is 73.8 Å². The first kappa shape index (κ1) is 17.9. The van der Waals surface area contributed by atoms with Crippen molar-refractivity contribution in [2.45, 2.75) is 6.92 Å². The van der Waals surface area contributed by atoms with Gasteiger partial charge in [0.2, 0.25) is 0 Å². The minimum absolute atomic E-state index is 0.0667. The molecule has 25 heavy (non-hydrogen) atoms. The number of nitro benzene ring substituents is 2. The van der Waals surface area contributed by atoms with Gasteiger partial charge in [-0.1, -0.05) is 18.2 Å². The Morgan fingerprint density at radius 2 is 1.80 bits per heavy atom. The molecule has 9 nitrogen and oxygen atoms in total. The van der Waals surface area contributed by atoms with Gasteiger partial charge in [0.05, 0.1) is 28.0 Å². The van der Waals surface area contributed by atoms with Gasteiger partial charge >= 0.3 is 0 Å². The van der Waals surface area contributed by atoms with Crippen LogP contribution in [0.4, 0.5) is 11.4 Å². The van der Waals surface area contributed by atoms with Gasteiger partial charge in [0.1, 0.15) is 12.4 Å². The van der Waals surface area contributed by atoms with Crippen molar-refractivity contribution >= 4 is 17.3 Å². The molecule has 0 aliphatic rings. The van der Waals surface area contributed by atoms with E-state index in [9.17, 15) is 25.0 Å². The molecule has 0 aliphatic heterocycles. The maximum absolute atomic E-state index is 12.2. The molecule has 0 unspecified atom stereocenters. The van der Waals surface area contributed by atoms with E-state index in [4.69, 9.17) is 4.74 Å². The van der Waals surface area contributed by atoms with E-state index in [2.05, 4.69) is 5.32 Å². The third-order valence-corrected chi connectivity index (χ3v) is 3.42. The van der Waals surface area contributed by atoms with Gasteiger partial charge in [0.25, 0.3) is 17.3 Å². The van der Waals surface area contributed by atoms with Crippen LogP contribution < -0.4 is 10.1 Å². The predicted octanol–water partition coefficient (Wildman–Crippen LogP) is 2.62. The monoisotopic (exact) mass is 345 g/mol. The molecular formula is C16H15N3O6. The normalized spacial score (nSPS) is 10.1. The van der Waals surface area contributed by atoms with Crippen molar-refractivity contribution in [2.75, 3.05) is 13.2 Å². The molecule has 2 aromatic rings. The van der Waals surface area contributed by atoms with Crippen LogP contribution in [0.1, 0.15) is 15.9 Å². The number of benzene rings is 2. The van der Waals surface area contributed by atoms with Crippen molar-refractivity contribution in [1.82, 2.24) is 5.32 Å². The lowest BCUT2D eigenvalue weighted by Crippen LogP contribution is -2.28. The second-order valence-electron chi connectivity index (χ2n) is 5.07. The highest BCUT2D eigenvalue weighted by Crippen LogP contribution is 2.27. The third kappa shape index (κ3) is 4.50. The van der Waals surface area contributed by atoms with Crippen molar-refractivity contribution in [3.8, 4) is 5.75 Å². The zero-order chi connectivity index (χ0) is 18.4. The number of para-hydroxylation sites is 1. The number of nitro groups is 2. The summed E-state index contributed by atoms with van der Waals surface area (Å²) in [5.41, 5.74) is -1.03. The standard InChI is InChI=1S/C16H15N3O6/c1-11-14(9-12(18(21)22)10-15(11)19(23)24)16(20)17-7-8-25-13-5-3-2-4-6-13/h2-6,9-10H,7-8H2,1H3,(H,17,20). The molecule has 1 amide bonds. The third-order valence-electron chi connectivity index (χ3n) is 3.42. The largest absolute Gasteiger partial charge is 0.492 e. The van der Waals surface area contributed by atoms with E-state index in [1.807, 2.05) is 6.07 Å². The Morgan fingerprint density at radius 1 is 1.12 bits per heavy atom. The second kappa shape index (κ2) is 7.86. The molecule has 0 aromatic heterocycles. The fourth-order valence-corrected chi connectivity index (χ4v) is 2.16. The number of nitrogens with one attached hydrogen (secondary N) is 1. The van der Waals surface area contributed by atoms with Crippen molar-refractivity contribution < 1.29 is 19.4 Å². The summed E-state index contributed by atoms with van der Waals surface area (Å²) in [5, 5.41) is 24.5. The number of ether oxygens (including phenoxy) is 1. The van der Waals surface area contributed by atoms with Crippen molar-refractivity contribution in [2.24, 2.45) is 0 Å². The molecule has 0 fully saturated rings. The van der Waals surface area contributed by atoms with Crippen molar-refractivity contribution in [3.63, 3.8) is 0 Å². The van der Waals surface area contributed by atoms with Gasteiger partial charge in [-0.05, 0) is 19.1 Å². The highest BCUT2D eigenvalue weighted by molar-refractivity contribution is 5.97. The average molecular weight is 345 g/mol. The molecule has 9 heteroatoms. The highest BCUT2D eigenvalue weighted by atomic mass is 16.6. The number of nitrogens with zero attached hydrogens (tertiary/aromatic N) is 2. The number of amides is 1. The van der Waals surface area contributed by atoms with Crippen molar-refractivity contribution in [1.29, 1.82) is 0 Å². The quantitative estimate of drug-likeness (QED) is 0.467. The van der Waals surface area contributed by atoms with Gasteiger partial charge < -0.3 is 10.1 Å². The number of hydrogen-bond acceptors (Lipinski definition) is 6. The molecule has 0 bridgehead atoms. The molecule has 2 rings (SSSR count). The van der Waals surface area contributed by atoms with Crippen LogP contribution in [-0.2, 0) is 0 Å². The van der Waals surface area contributed by atoms with E-state index >= 15 is 0 Å². The number of non-ortho nitro benzene ring substituents is 1. The van der Waals surface area contributed by atoms with Crippen LogP contribution in [0.15, 0.2) is 42.5 Å². The SMILES string of the molecule is Cc1c(C(=O)NCCOc2ccccc2)cc([N+](=O)[O-])cc1[N+](=O)[O-]. The Kier molecular flexibility index (Phi) is 5.62. The van der Waals surface area contributed by atoms with Crippen LogP contribution >= 0.6 is 0 Å². The second-order valence-corrected chi connectivity index (χ2v) is 5.07. The average Bonchev–Trinajstić information content (AvgIpc) is 2.59. The van der Waals surface area contributed by atoms with E-state index in [-0.39, 0.29) is 24.3 Å². The zero-order valence-electron chi connectivity index (χ0n) is 13.3. The molecule has 0 atom stereocenters. The molecule has 0 heterocycles. The molecular weight excluding hydrogens is 330 g/mol. The van der Waals surface area contributed by atoms with Crippen LogP contribution in [0.5, 0.6) is 5.75 Å². The van der Waals surface area contributed by atoms with Gasteiger partial charge in [-0.15, -0.1) is 0 Å². The molecule has 0 saturated heterocycles. The lowest BCUT2D eigenvalue weighted by Gasteiger charge is -2.09. The lowest BCUT2D eigenvalue weighted by atomic mass is 10.0. The summed E-state index contributed by atoms with van der Waals surface area (Å²) in [5.74, 6) is -0.000113. The summed E-state index contributed by atoms with van der Waals surface area (Å²) < 4.78 is 5.42. The fraction of sp³-hybridized carbons (Fsp3) is 0.188. The maximum Gasteiger partial charge on any atom is 0.279 e. The van der Waals surface area contributed by atoms with Gasteiger partial charge in [0.15, 0.2) is 0 Å². The zero-order valence-corrected chi connectivity index (χ0v) is 13.3. The Bertz CT molecular complexity index is 807. The molecule has 0 aliphatic carbocycles. The van der Waals surface area contributed by atoms with E-state index in [1.54, 1.807) is 24.3 Å². The number of rotatable bonds is 7. The van der Waals surface area contributed by atoms with E-state index in [0.717, 1.165) is 12.1 Å². The summed E-state index contributed by atoms with van der Waals surface area (Å²) in [6.45, 7) is 1.70. The summed E-state index contributed by atoms with van der Waals surface area (Å²) in [6.07, 6.45) is 0. The smallest absolute Gasteiger partial charge is 0.279 e. The fourth-order valence-electron chi connectivity index (χ4n) is 2.16. The predicted molar refractivity (Wildman–Crippen MR) is 88.8 cm³/mol. The number of carbonyl (C=O) groups excluding carboxylic acids is 1. The molecule has 0 spiro atoms. The number of carbonyl (C=O) groups is 1. The van der Waals surface area contributed by atoms with Crippen LogP contribution in [0.3, 0.4) is 0 Å². The molecule has 0 saturated carbocycles. The molecule has 130 valence electrons. The van der Waals surface area contributed by atoms with Gasteiger partial charge in [-0.2, -0.15) is 0 Å². The topological polar surface area (TPSA) is 125 Å². The lowest BCUT2D eigenvalue weighted by molar-refractivity contribution is -0.394. The minimum atomic E-state index is -0.776. The van der Waals surface area contributed by atoms with Crippen LogP contribution in [0, 0.1) is 27.2 Å². The van der Waals surface area contributed by atoms with E-state index < -0.39 is 27.1 Å². The van der Waals surface area contributed by atoms with Gasteiger partial charge in [-0.3, -0.25) is 25.0 Å². The first-order valence-corrected chi connectivity index (χ1v) is 7.29. The Morgan fingerprint density at radius 3 is 2.40 bits per heavy atom. The molecule has 0 radical (unpaired) electrons. The summed E-state index contributed by atoms with van der Waals surface area (Å²) in [6, 6.07) is 10.8. The molecule has 1 N–H and O–H groups in total. The number of hydrogen-bond donors (Lipinski definition) is 1. The Hall–Kier alpha value is -3.49. The highest BCUT2D eigenvalue weighted by Gasteiger charge is 2.24. The molecule has 2 aromatic carbocycles. The summed E-state index contributed by atoms with van der Waals surface area (Å²) in [7, 11) is 0. The summed E-state index contributed by atoms with van der Waals surface area (Å²) in [4.78, 5) is 32.6. The Balaban J connectivity index is 2.07. The van der Waals surface area contributed by atoms with E-state index in [1.165, 1.54) is 6.92 Å². The summed E-state index contributed by atoms with van der Waals surface area (Å²) >= 11 is 0. The van der Waals surface area contributed by atoms with Gasteiger partial charge in [0, 0.05) is 11.6 Å². The first-order valence-electron chi connectivity index (χ1n) is 7.29. The van der Waals surface area contributed by atoms with Crippen LogP contribution in [0.2, 0.25) is 0 Å². The van der Waals surface area contributed by atoms with Crippen LogP contribution in [-0.4, -0.2) is 28.9 Å². The minimum Gasteiger partial charge on any atom is -0.492 e. The Labute approximate surface area is 142 Å². The first-order chi connectivity index (χ1) is 11.9.